The molecule has 1 saturated heterocycles. The highest BCUT2D eigenvalue weighted by Gasteiger charge is 2.42. The minimum Gasteiger partial charge on any atom is -0.368 e. The summed E-state index contributed by atoms with van der Waals surface area (Å²) in [5.74, 6) is -2.21. The van der Waals surface area contributed by atoms with Crippen LogP contribution in [0.15, 0.2) is 12.2 Å². The van der Waals surface area contributed by atoms with Gasteiger partial charge in [-0.05, 0) is 26.8 Å². The predicted molar refractivity (Wildman–Crippen MR) is 68.7 cm³/mol. The number of hydrogen-bond acceptors (Lipinski definition) is 6. The van der Waals surface area contributed by atoms with E-state index in [4.69, 9.17) is 9.68 Å². The van der Waals surface area contributed by atoms with Gasteiger partial charge in [-0.1, -0.05) is 0 Å². The SMILES string of the molecule is CC(C)(C)ON1C(=O)CC(CON2C(=O)C=CC2O)C1=O. The lowest BCUT2D eigenvalue weighted by Gasteiger charge is -2.25. The van der Waals surface area contributed by atoms with Crippen LogP contribution in [0.4, 0.5) is 0 Å². The highest BCUT2D eigenvalue weighted by atomic mass is 16.7. The quantitative estimate of drug-likeness (QED) is 0.718. The Bertz CT molecular complexity index is 495. The largest absolute Gasteiger partial charge is 0.368 e. The van der Waals surface area contributed by atoms with Gasteiger partial charge in [0.1, 0.15) is 0 Å². The van der Waals surface area contributed by atoms with E-state index in [9.17, 15) is 19.5 Å². The molecule has 21 heavy (non-hydrogen) atoms. The fourth-order valence-corrected chi connectivity index (χ4v) is 1.93. The van der Waals surface area contributed by atoms with Gasteiger partial charge in [-0.25, -0.2) is 0 Å². The summed E-state index contributed by atoms with van der Waals surface area (Å²) in [6.45, 7) is 4.99. The Morgan fingerprint density at radius 1 is 1.33 bits per heavy atom. The number of hydroxylamine groups is 4. The van der Waals surface area contributed by atoms with Crippen molar-refractivity contribution in [1.29, 1.82) is 0 Å². The molecule has 0 bridgehead atoms. The van der Waals surface area contributed by atoms with Crippen LogP contribution in [0.5, 0.6) is 0 Å². The highest BCUT2D eigenvalue weighted by Crippen LogP contribution is 2.24. The average molecular weight is 298 g/mol. The molecule has 0 radical (unpaired) electrons. The molecule has 0 saturated carbocycles. The number of rotatable bonds is 4. The second kappa shape index (κ2) is 5.55. The Kier molecular flexibility index (Phi) is 4.13. The summed E-state index contributed by atoms with van der Waals surface area (Å²) in [4.78, 5) is 45.6. The van der Waals surface area contributed by atoms with Gasteiger partial charge in [0.05, 0.1) is 18.1 Å². The summed E-state index contributed by atoms with van der Waals surface area (Å²) < 4.78 is 0. The van der Waals surface area contributed by atoms with Crippen LogP contribution in [-0.2, 0) is 24.1 Å². The fourth-order valence-electron chi connectivity index (χ4n) is 1.93. The topological polar surface area (TPSA) is 96.4 Å². The van der Waals surface area contributed by atoms with Gasteiger partial charge in [0.2, 0.25) is 0 Å². The van der Waals surface area contributed by atoms with Crippen molar-refractivity contribution in [1.82, 2.24) is 10.1 Å². The zero-order chi connectivity index (χ0) is 15.8. The van der Waals surface area contributed by atoms with Crippen LogP contribution in [-0.4, -0.2) is 51.4 Å². The lowest BCUT2D eigenvalue weighted by molar-refractivity contribution is -0.227. The molecule has 8 nitrogen and oxygen atoms in total. The molecule has 116 valence electrons. The number of carbonyl (C=O) groups excluding carboxylic acids is 3. The number of hydrogen-bond donors (Lipinski definition) is 1. The van der Waals surface area contributed by atoms with Gasteiger partial charge in [-0.3, -0.25) is 24.1 Å². The second-order valence-electron chi connectivity index (χ2n) is 5.86. The minimum atomic E-state index is -1.17. The van der Waals surface area contributed by atoms with E-state index < -0.39 is 35.5 Å². The van der Waals surface area contributed by atoms with Crippen LogP contribution < -0.4 is 0 Å². The maximum absolute atomic E-state index is 12.1. The van der Waals surface area contributed by atoms with E-state index in [1.807, 2.05) is 0 Å². The van der Waals surface area contributed by atoms with Crippen molar-refractivity contribution >= 4 is 17.7 Å². The summed E-state index contributed by atoms with van der Waals surface area (Å²) >= 11 is 0. The number of amides is 3. The van der Waals surface area contributed by atoms with Crippen molar-refractivity contribution in [3.63, 3.8) is 0 Å². The first-order valence-electron chi connectivity index (χ1n) is 6.57. The molecule has 0 aromatic heterocycles. The lowest BCUT2D eigenvalue weighted by atomic mass is 10.1. The van der Waals surface area contributed by atoms with Gasteiger partial charge in [0, 0.05) is 12.5 Å². The van der Waals surface area contributed by atoms with E-state index >= 15 is 0 Å². The van der Waals surface area contributed by atoms with E-state index in [0.717, 1.165) is 10.1 Å². The maximum Gasteiger partial charge on any atom is 0.272 e. The van der Waals surface area contributed by atoms with Crippen LogP contribution in [0.25, 0.3) is 0 Å². The maximum atomic E-state index is 12.1. The van der Waals surface area contributed by atoms with Gasteiger partial charge in [-0.15, -0.1) is 0 Å². The molecule has 8 heteroatoms. The molecule has 1 N–H and O–H groups in total. The Morgan fingerprint density at radius 2 is 2.00 bits per heavy atom. The fraction of sp³-hybridized carbons (Fsp3) is 0.615. The molecular formula is C13H18N2O6. The summed E-state index contributed by atoms with van der Waals surface area (Å²) in [7, 11) is 0. The Hall–Kier alpha value is -1.77. The van der Waals surface area contributed by atoms with Crippen molar-refractivity contribution in [3.8, 4) is 0 Å². The monoisotopic (exact) mass is 298 g/mol. The first kappa shape index (κ1) is 15.6. The molecule has 2 unspecified atom stereocenters. The third kappa shape index (κ3) is 3.46. The average Bonchev–Trinajstić information content (AvgIpc) is 2.81. The Labute approximate surface area is 121 Å². The van der Waals surface area contributed by atoms with Crippen molar-refractivity contribution in [2.24, 2.45) is 5.92 Å². The third-order valence-electron chi connectivity index (χ3n) is 2.85. The summed E-state index contributed by atoms with van der Waals surface area (Å²) in [6, 6.07) is 0. The number of carbonyl (C=O) groups is 3. The molecule has 0 spiro atoms. The van der Waals surface area contributed by atoms with Crippen molar-refractivity contribution in [2.75, 3.05) is 6.61 Å². The Balaban J connectivity index is 1.92. The zero-order valence-electron chi connectivity index (χ0n) is 12.1. The highest BCUT2D eigenvalue weighted by molar-refractivity contribution is 6.02. The van der Waals surface area contributed by atoms with E-state index in [0.29, 0.717) is 0 Å². The molecule has 2 aliphatic rings. The number of aliphatic hydroxyl groups is 1. The number of imide groups is 1. The normalized spacial score (nSPS) is 26.4. The molecule has 2 aliphatic heterocycles. The predicted octanol–water partition coefficient (Wildman–Crippen LogP) is -0.260. The first-order valence-corrected chi connectivity index (χ1v) is 6.57. The molecule has 0 aromatic rings. The van der Waals surface area contributed by atoms with Crippen LogP contribution >= 0.6 is 0 Å². The molecule has 2 heterocycles. The van der Waals surface area contributed by atoms with E-state index in [2.05, 4.69) is 0 Å². The molecule has 2 rings (SSSR count). The van der Waals surface area contributed by atoms with Crippen LogP contribution in [0.2, 0.25) is 0 Å². The first-order chi connectivity index (χ1) is 9.69. The smallest absolute Gasteiger partial charge is 0.272 e. The van der Waals surface area contributed by atoms with Gasteiger partial charge in [0.25, 0.3) is 17.7 Å². The van der Waals surface area contributed by atoms with Gasteiger partial charge >= 0.3 is 0 Å². The van der Waals surface area contributed by atoms with Gasteiger partial charge in [-0.2, -0.15) is 10.1 Å². The standard InChI is InChI=1S/C13H18N2O6/c1-13(2,3)21-15-11(18)6-8(12(15)19)7-20-14-9(16)4-5-10(14)17/h4-5,8-9,16H,6-7H2,1-3H3. The molecule has 1 fully saturated rings. The van der Waals surface area contributed by atoms with Gasteiger partial charge in [0.15, 0.2) is 6.23 Å². The van der Waals surface area contributed by atoms with E-state index in [1.165, 1.54) is 12.2 Å². The van der Waals surface area contributed by atoms with Crippen LogP contribution in [0, 0.1) is 5.92 Å². The molecule has 2 atom stereocenters. The zero-order valence-corrected chi connectivity index (χ0v) is 12.1. The molecular weight excluding hydrogens is 280 g/mol. The number of nitrogens with zero attached hydrogens (tertiary/aromatic N) is 2. The van der Waals surface area contributed by atoms with Crippen LogP contribution in [0.1, 0.15) is 27.2 Å². The third-order valence-corrected chi connectivity index (χ3v) is 2.85. The van der Waals surface area contributed by atoms with E-state index in [1.54, 1.807) is 20.8 Å². The summed E-state index contributed by atoms with van der Waals surface area (Å²) in [5, 5.41) is 11.0. The second-order valence-corrected chi connectivity index (χ2v) is 5.86. The van der Waals surface area contributed by atoms with E-state index in [-0.39, 0.29) is 13.0 Å². The van der Waals surface area contributed by atoms with Gasteiger partial charge < -0.3 is 5.11 Å². The van der Waals surface area contributed by atoms with Crippen molar-refractivity contribution in [3.05, 3.63) is 12.2 Å². The molecule has 0 aliphatic carbocycles. The van der Waals surface area contributed by atoms with Crippen molar-refractivity contribution < 1.29 is 29.2 Å². The molecule has 3 amide bonds. The number of aliphatic hydroxyl groups excluding tert-OH is 1. The minimum absolute atomic E-state index is 0.0551. The summed E-state index contributed by atoms with van der Waals surface area (Å²) in [5.41, 5.74) is -0.675. The van der Waals surface area contributed by atoms with Crippen LogP contribution in [0.3, 0.4) is 0 Å². The van der Waals surface area contributed by atoms with Crippen molar-refractivity contribution in [2.45, 2.75) is 39.0 Å². The summed E-state index contributed by atoms with van der Waals surface area (Å²) in [6.07, 6.45) is 1.20. The molecule has 0 aromatic carbocycles. The Morgan fingerprint density at radius 3 is 2.52 bits per heavy atom. The lowest BCUT2D eigenvalue weighted by Crippen LogP contribution is -2.40.